The lowest BCUT2D eigenvalue weighted by molar-refractivity contribution is 0.0856. The Morgan fingerprint density at radius 1 is 0.875 bits per heavy atom. The summed E-state index contributed by atoms with van der Waals surface area (Å²) in [6.45, 7) is 5.44. The maximum absolute atomic E-state index is 13.0. The SMILES string of the molecule is Fc1ccc(CN2CCN([C@@H]3CCc4ccccc4C3)CC2)cc1. The molecule has 0 saturated carbocycles. The largest absolute Gasteiger partial charge is 0.298 e. The molecule has 0 unspecified atom stereocenters. The molecule has 4 rings (SSSR count). The first-order valence-electron chi connectivity index (χ1n) is 9.05. The first-order chi connectivity index (χ1) is 11.8. The summed E-state index contributed by atoms with van der Waals surface area (Å²) in [6, 6.07) is 16.5. The molecular weight excluding hydrogens is 299 g/mol. The van der Waals surface area contributed by atoms with Gasteiger partial charge in [-0.25, -0.2) is 4.39 Å². The maximum atomic E-state index is 13.0. The highest BCUT2D eigenvalue weighted by molar-refractivity contribution is 5.30. The molecule has 1 saturated heterocycles. The first-order valence-corrected chi connectivity index (χ1v) is 9.05. The summed E-state index contributed by atoms with van der Waals surface area (Å²) >= 11 is 0. The van der Waals surface area contributed by atoms with Crippen LogP contribution in [0.15, 0.2) is 48.5 Å². The van der Waals surface area contributed by atoms with Crippen molar-refractivity contribution in [3.8, 4) is 0 Å². The number of halogens is 1. The highest BCUT2D eigenvalue weighted by Gasteiger charge is 2.27. The highest BCUT2D eigenvalue weighted by Crippen LogP contribution is 2.25. The molecule has 0 amide bonds. The predicted molar refractivity (Wildman–Crippen MR) is 95.5 cm³/mol. The lowest BCUT2D eigenvalue weighted by atomic mass is 9.87. The lowest BCUT2D eigenvalue weighted by Crippen LogP contribution is -2.51. The minimum atomic E-state index is -0.152. The second-order valence-corrected chi connectivity index (χ2v) is 7.10. The van der Waals surface area contributed by atoms with Gasteiger partial charge in [-0.1, -0.05) is 36.4 Å². The summed E-state index contributed by atoms with van der Waals surface area (Å²) in [4.78, 5) is 5.16. The molecule has 1 aliphatic heterocycles. The van der Waals surface area contributed by atoms with E-state index in [1.165, 1.54) is 24.8 Å². The first kappa shape index (κ1) is 15.8. The fourth-order valence-corrected chi connectivity index (χ4v) is 4.12. The topological polar surface area (TPSA) is 6.48 Å². The van der Waals surface area contributed by atoms with Crippen molar-refractivity contribution in [2.24, 2.45) is 0 Å². The summed E-state index contributed by atoms with van der Waals surface area (Å²) in [5, 5.41) is 0. The number of rotatable bonds is 3. The van der Waals surface area contributed by atoms with E-state index in [1.54, 1.807) is 23.3 Å². The number of benzene rings is 2. The number of hydrogen-bond acceptors (Lipinski definition) is 2. The Labute approximate surface area is 143 Å². The Balaban J connectivity index is 1.31. The van der Waals surface area contributed by atoms with Crippen LogP contribution >= 0.6 is 0 Å². The van der Waals surface area contributed by atoms with Crippen LogP contribution in [0.2, 0.25) is 0 Å². The number of nitrogens with zero attached hydrogens (tertiary/aromatic N) is 2. The highest BCUT2D eigenvalue weighted by atomic mass is 19.1. The summed E-state index contributed by atoms with van der Waals surface area (Å²) in [5.74, 6) is -0.152. The van der Waals surface area contributed by atoms with Gasteiger partial charge in [-0.2, -0.15) is 0 Å². The van der Waals surface area contributed by atoms with Crippen LogP contribution < -0.4 is 0 Å². The third-order valence-electron chi connectivity index (χ3n) is 5.56. The van der Waals surface area contributed by atoms with E-state index in [1.807, 2.05) is 12.1 Å². The molecule has 1 aliphatic carbocycles. The Bertz CT molecular complexity index is 674. The van der Waals surface area contributed by atoms with Gasteiger partial charge in [-0.05, 0) is 48.1 Å². The van der Waals surface area contributed by atoms with Crippen LogP contribution in [0.5, 0.6) is 0 Å². The smallest absolute Gasteiger partial charge is 0.123 e. The van der Waals surface area contributed by atoms with Crippen molar-refractivity contribution in [1.82, 2.24) is 9.80 Å². The zero-order valence-electron chi connectivity index (χ0n) is 14.1. The van der Waals surface area contributed by atoms with Gasteiger partial charge >= 0.3 is 0 Å². The molecule has 126 valence electrons. The fraction of sp³-hybridized carbons (Fsp3) is 0.429. The molecule has 2 nitrogen and oxygen atoms in total. The third kappa shape index (κ3) is 3.52. The second-order valence-electron chi connectivity index (χ2n) is 7.10. The van der Waals surface area contributed by atoms with Gasteiger partial charge in [-0.15, -0.1) is 0 Å². The van der Waals surface area contributed by atoms with Crippen LogP contribution in [-0.4, -0.2) is 42.0 Å². The monoisotopic (exact) mass is 324 g/mol. The van der Waals surface area contributed by atoms with E-state index >= 15 is 0 Å². The van der Waals surface area contributed by atoms with E-state index in [0.717, 1.165) is 32.7 Å². The Hall–Kier alpha value is -1.71. The van der Waals surface area contributed by atoms with Crippen LogP contribution in [-0.2, 0) is 19.4 Å². The number of aryl methyl sites for hydroxylation is 1. The van der Waals surface area contributed by atoms with E-state index in [-0.39, 0.29) is 5.82 Å². The summed E-state index contributed by atoms with van der Waals surface area (Å²) in [7, 11) is 0. The Kier molecular flexibility index (Phi) is 4.63. The Morgan fingerprint density at radius 2 is 1.58 bits per heavy atom. The lowest BCUT2D eigenvalue weighted by Gasteiger charge is -2.41. The molecule has 2 aromatic carbocycles. The molecule has 3 heteroatoms. The number of fused-ring (bicyclic) bond motifs is 1. The zero-order valence-corrected chi connectivity index (χ0v) is 14.1. The molecule has 1 fully saturated rings. The fourth-order valence-electron chi connectivity index (χ4n) is 4.12. The van der Waals surface area contributed by atoms with E-state index < -0.39 is 0 Å². The van der Waals surface area contributed by atoms with Crippen molar-refractivity contribution in [1.29, 1.82) is 0 Å². The molecule has 0 bridgehead atoms. The van der Waals surface area contributed by atoms with Crippen molar-refractivity contribution in [2.45, 2.75) is 31.8 Å². The van der Waals surface area contributed by atoms with Gasteiger partial charge in [0.25, 0.3) is 0 Å². The van der Waals surface area contributed by atoms with Gasteiger partial charge < -0.3 is 0 Å². The van der Waals surface area contributed by atoms with Gasteiger partial charge in [-0.3, -0.25) is 9.80 Å². The Morgan fingerprint density at radius 3 is 2.33 bits per heavy atom. The van der Waals surface area contributed by atoms with Crippen molar-refractivity contribution in [3.63, 3.8) is 0 Å². The zero-order chi connectivity index (χ0) is 16.4. The molecule has 1 heterocycles. The standard InChI is InChI=1S/C21H25FN2/c22-20-8-5-17(6-9-20)16-23-11-13-24(14-12-23)21-10-7-18-3-1-2-4-19(18)15-21/h1-6,8-9,21H,7,10-16H2/t21-/m1/s1. The normalized spacial score (nSPS) is 22.3. The van der Waals surface area contributed by atoms with E-state index in [9.17, 15) is 4.39 Å². The summed E-state index contributed by atoms with van der Waals surface area (Å²) in [5.41, 5.74) is 4.29. The molecule has 2 aliphatic rings. The second kappa shape index (κ2) is 7.04. The average molecular weight is 324 g/mol. The van der Waals surface area contributed by atoms with Crippen LogP contribution in [0.1, 0.15) is 23.1 Å². The maximum Gasteiger partial charge on any atom is 0.123 e. The predicted octanol–water partition coefficient (Wildman–Crippen LogP) is 3.50. The van der Waals surface area contributed by atoms with Gasteiger partial charge in [0.15, 0.2) is 0 Å². The van der Waals surface area contributed by atoms with Crippen molar-refractivity contribution in [2.75, 3.05) is 26.2 Å². The van der Waals surface area contributed by atoms with Crippen LogP contribution in [0.3, 0.4) is 0 Å². The van der Waals surface area contributed by atoms with Gasteiger partial charge in [0.1, 0.15) is 5.82 Å². The van der Waals surface area contributed by atoms with Crippen molar-refractivity contribution >= 4 is 0 Å². The quantitative estimate of drug-likeness (QED) is 0.852. The molecular formula is C21H25FN2. The van der Waals surface area contributed by atoms with Gasteiger partial charge in [0.2, 0.25) is 0 Å². The molecule has 0 radical (unpaired) electrons. The van der Waals surface area contributed by atoms with Crippen LogP contribution in [0.25, 0.3) is 0 Å². The minimum absolute atomic E-state index is 0.152. The van der Waals surface area contributed by atoms with Crippen molar-refractivity contribution < 1.29 is 4.39 Å². The van der Waals surface area contributed by atoms with E-state index in [4.69, 9.17) is 0 Å². The van der Waals surface area contributed by atoms with E-state index in [0.29, 0.717) is 6.04 Å². The summed E-state index contributed by atoms with van der Waals surface area (Å²) < 4.78 is 13.0. The van der Waals surface area contributed by atoms with Crippen molar-refractivity contribution in [3.05, 3.63) is 71.0 Å². The van der Waals surface area contributed by atoms with E-state index in [2.05, 4.69) is 34.1 Å². The van der Waals surface area contributed by atoms with Gasteiger partial charge in [0, 0.05) is 38.8 Å². The van der Waals surface area contributed by atoms with Crippen LogP contribution in [0, 0.1) is 5.82 Å². The molecule has 0 aromatic heterocycles. The van der Waals surface area contributed by atoms with Gasteiger partial charge in [0.05, 0.1) is 0 Å². The average Bonchev–Trinajstić information content (AvgIpc) is 2.64. The third-order valence-corrected chi connectivity index (χ3v) is 5.56. The molecule has 0 spiro atoms. The minimum Gasteiger partial charge on any atom is -0.298 e. The molecule has 1 atom stereocenters. The number of piperazine rings is 1. The molecule has 2 aromatic rings. The number of hydrogen-bond donors (Lipinski definition) is 0. The summed E-state index contributed by atoms with van der Waals surface area (Å²) in [6.07, 6.45) is 3.71. The molecule has 24 heavy (non-hydrogen) atoms. The molecule has 0 N–H and O–H groups in total. The van der Waals surface area contributed by atoms with Crippen LogP contribution in [0.4, 0.5) is 4.39 Å².